The monoisotopic (exact) mass is 345 g/mol. The Morgan fingerprint density at radius 1 is 1.12 bits per heavy atom. The van der Waals surface area contributed by atoms with Gasteiger partial charge in [0.05, 0.1) is 12.2 Å². The molecule has 0 fully saturated rings. The van der Waals surface area contributed by atoms with Crippen LogP contribution in [-0.2, 0) is 16.0 Å². The van der Waals surface area contributed by atoms with Gasteiger partial charge in [0.15, 0.2) is 0 Å². The van der Waals surface area contributed by atoms with Crippen LogP contribution in [-0.4, -0.2) is 18.5 Å². The third-order valence-corrected chi connectivity index (χ3v) is 3.83. The molecule has 126 valence electrons. The van der Waals surface area contributed by atoms with Gasteiger partial charge in [0, 0.05) is 17.1 Å². The summed E-state index contributed by atoms with van der Waals surface area (Å²) in [6.07, 6.45) is 0.977. The van der Waals surface area contributed by atoms with Gasteiger partial charge in [-0.3, -0.25) is 4.79 Å². The number of amides is 1. The molecular formula is C19H20ClNO3. The first-order chi connectivity index (χ1) is 11.5. The lowest BCUT2D eigenvalue weighted by molar-refractivity contribution is -0.116. The predicted octanol–water partition coefficient (Wildman–Crippen LogP) is 4.40. The van der Waals surface area contributed by atoms with E-state index >= 15 is 0 Å². The van der Waals surface area contributed by atoms with Crippen LogP contribution in [0.5, 0.6) is 0 Å². The van der Waals surface area contributed by atoms with E-state index in [2.05, 4.69) is 5.32 Å². The number of ether oxygens (including phenoxy) is 1. The molecule has 0 saturated carbocycles. The maximum Gasteiger partial charge on any atom is 0.338 e. The third kappa shape index (κ3) is 5.10. The van der Waals surface area contributed by atoms with Crippen LogP contribution in [0.25, 0.3) is 0 Å². The highest BCUT2D eigenvalue weighted by Gasteiger charge is 2.11. The molecule has 0 aliphatic heterocycles. The maximum atomic E-state index is 12.2. The topological polar surface area (TPSA) is 55.4 Å². The molecule has 1 amide bonds. The maximum absolute atomic E-state index is 12.2. The summed E-state index contributed by atoms with van der Waals surface area (Å²) in [7, 11) is 0. The van der Waals surface area contributed by atoms with Crippen molar-refractivity contribution in [3.8, 4) is 0 Å². The van der Waals surface area contributed by atoms with Crippen LogP contribution in [0.4, 0.5) is 5.69 Å². The van der Waals surface area contributed by atoms with Gasteiger partial charge in [-0.25, -0.2) is 4.79 Å². The second-order valence-electron chi connectivity index (χ2n) is 5.42. The quantitative estimate of drug-likeness (QED) is 0.789. The number of halogens is 1. The van der Waals surface area contributed by atoms with Crippen molar-refractivity contribution in [3.05, 3.63) is 64.2 Å². The number of anilines is 1. The smallest absolute Gasteiger partial charge is 0.338 e. The zero-order valence-electron chi connectivity index (χ0n) is 13.8. The van der Waals surface area contributed by atoms with Crippen molar-refractivity contribution in [2.75, 3.05) is 11.9 Å². The van der Waals surface area contributed by atoms with Crippen molar-refractivity contribution >= 4 is 29.2 Å². The number of esters is 1. The zero-order chi connectivity index (χ0) is 17.5. The molecule has 2 aromatic rings. The lowest BCUT2D eigenvalue weighted by atomic mass is 10.1. The SMILES string of the molecule is CCOC(=O)c1ccc(C)c(NC(=O)CCc2ccc(Cl)cc2)c1. The van der Waals surface area contributed by atoms with Crippen LogP contribution >= 0.6 is 11.6 Å². The van der Waals surface area contributed by atoms with Crippen molar-refractivity contribution in [2.24, 2.45) is 0 Å². The molecule has 0 aliphatic rings. The lowest BCUT2D eigenvalue weighted by Crippen LogP contribution is -2.14. The Balaban J connectivity index is 1.98. The number of hydrogen-bond acceptors (Lipinski definition) is 3. The van der Waals surface area contributed by atoms with Gasteiger partial charge in [0.25, 0.3) is 0 Å². The molecule has 1 N–H and O–H groups in total. The Hall–Kier alpha value is -2.33. The van der Waals surface area contributed by atoms with Gasteiger partial charge < -0.3 is 10.1 Å². The minimum atomic E-state index is -0.394. The van der Waals surface area contributed by atoms with Gasteiger partial charge in [-0.1, -0.05) is 29.8 Å². The summed E-state index contributed by atoms with van der Waals surface area (Å²) in [5.74, 6) is -0.497. The summed E-state index contributed by atoms with van der Waals surface area (Å²) >= 11 is 5.84. The fourth-order valence-corrected chi connectivity index (χ4v) is 2.35. The number of carbonyl (C=O) groups excluding carboxylic acids is 2. The van der Waals surface area contributed by atoms with Crippen molar-refractivity contribution in [1.82, 2.24) is 0 Å². The molecule has 0 saturated heterocycles. The number of benzene rings is 2. The molecule has 5 heteroatoms. The molecule has 2 aromatic carbocycles. The number of hydrogen-bond donors (Lipinski definition) is 1. The molecule has 24 heavy (non-hydrogen) atoms. The number of carbonyl (C=O) groups is 2. The molecule has 0 spiro atoms. The van der Waals surface area contributed by atoms with Crippen molar-refractivity contribution in [1.29, 1.82) is 0 Å². The van der Waals surface area contributed by atoms with E-state index in [-0.39, 0.29) is 5.91 Å². The summed E-state index contributed by atoms with van der Waals surface area (Å²) < 4.78 is 4.98. The van der Waals surface area contributed by atoms with E-state index in [1.807, 2.05) is 31.2 Å². The highest BCUT2D eigenvalue weighted by Crippen LogP contribution is 2.18. The molecular weight excluding hydrogens is 326 g/mol. The molecule has 2 rings (SSSR count). The Morgan fingerprint density at radius 2 is 1.83 bits per heavy atom. The standard InChI is InChI=1S/C19H20ClNO3/c1-3-24-19(23)15-8-4-13(2)17(12-15)21-18(22)11-7-14-5-9-16(20)10-6-14/h4-6,8-10,12H,3,7,11H2,1-2H3,(H,21,22). The second-order valence-corrected chi connectivity index (χ2v) is 5.86. The number of nitrogens with one attached hydrogen (secondary N) is 1. The van der Waals surface area contributed by atoms with Crippen molar-refractivity contribution in [3.63, 3.8) is 0 Å². The lowest BCUT2D eigenvalue weighted by Gasteiger charge is -2.10. The number of rotatable bonds is 6. The van der Waals surface area contributed by atoms with Crippen molar-refractivity contribution in [2.45, 2.75) is 26.7 Å². The Labute approximate surface area is 146 Å². The highest BCUT2D eigenvalue weighted by molar-refractivity contribution is 6.30. The summed E-state index contributed by atoms with van der Waals surface area (Å²) in [5.41, 5.74) is 2.99. The molecule has 0 aromatic heterocycles. The van der Waals surface area contributed by atoms with Crippen LogP contribution in [0.15, 0.2) is 42.5 Å². The van der Waals surface area contributed by atoms with E-state index in [4.69, 9.17) is 16.3 Å². The largest absolute Gasteiger partial charge is 0.462 e. The first-order valence-electron chi connectivity index (χ1n) is 7.81. The molecule has 0 aliphatic carbocycles. The fourth-order valence-electron chi connectivity index (χ4n) is 2.22. The summed E-state index contributed by atoms with van der Waals surface area (Å²) in [6.45, 7) is 3.95. The van der Waals surface area contributed by atoms with Crippen LogP contribution < -0.4 is 5.32 Å². The summed E-state index contributed by atoms with van der Waals surface area (Å²) in [6, 6.07) is 12.6. The Bertz CT molecular complexity index is 726. The molecule has 0 radical (unpaired) electrons. The van der Waals surface area contributed by atoms with Gasteiger partial charge in [-0.2, -0.15) is 0 Å². The highest BCUT2D eigenvalue weighted by atomic mass is 35.5. The van der Waals surface area contributed by atoms with Crippen LogP contribution in [0.2, 0.25) is 5.02 Å². The van der Waals surface area contributed by atoms with Crippen LogP contribution in [0.1, 0.15) is 34.8 Å². The van der Waals surface area contributed by atoms with E-state index < -0.39 is 5.97 Å². The second kappa shape index (κ2) is 8.50. The van der Waals surface area contributed by atoms with Gasteiger partial charge >= 0.3 is 5.97 Å². The molecule has 0 bridgehead atoms. The predicted molar refractivity (Wildman–Crippen MR) is 95.5 cm³/mol. The Morgan fingerprint density at radius 3 is 2.50 bits per heavy atom. The van der Waals surface area contributed by atoms with E-state index in [1.54, 1.807) is 25.1 Å². The molecule has 0 heterocycles. The minimum Gasteiger partial charge on any atom is -0.462 e. The molecule has 4 nitrogen and oxygen atoms in total. The fraction of sp³-hybridized carbons (Fsp3) is 0.263. The summed E-state index contributed by atoms with van der Waals surface area (Å²) in [5, 5.41) is 3.53. The first kappa shape index (κ1) is 18.0. The van der Waals surface area contributed by atoms with E-state index in [1.165, 1.54) is 0 Å². The normalized spacial score (nSPS) is 10.3. The van der Waals surface area contributed by atoms with Gasteiger partial charge in [-0.15, -0.1) is 0 Å². The first-order valence-corrected chi connectivity index (χ1v) is 8.19. The van der Waals surface area contributed by atoms with E-state index in [9.17, 15) is 9.59 Å². The molecule has 0 atom stereocenters. The van der Waals surface area contributed by atoms with Gasteiger partial charge in [0.1, 0.15) is 0 Å². The van der Waals surface area contributed by atoms with Crippen molar-refractivity contribution < 1.29 is 14.3 Å². The van der Waals surface area contributed by atoms with E-state index in [0.29, 0.717) is 35.7 Å². The van der Waals surface area contributed by atoms with Crippen LogP contribution in [0.3, 0.4) is 0 Å². The van der Waals surface area contributed by atoms with Gasteiger partial charge in [-0.05, 0) is 55.7 Å². The van der Waals surface area contributed by atoms with Crippen LogP contribution in [0, 0.1) is 6.92 Å². The summed E-state index contributed by atoms with van der Waals surface area (Å²) in [4.78, 5) is 23.9. The number of aryl methyl sites for hydroxylation is 2. The zero-order valence-corrected chi connectivity index (χ0v) is 14.5. The minimum absolute atomic E-state index is 0.103. The Kier molecular flexibility index (Phi) is 6.38. The third-order valence-electron chi connectivity index (χ3n) is 3.58. The molecule has 0 unspecified atom stereocenters. The van der Waals surface area contributed by atoms with E-state index in [0.717, 1.165) is 11.1 Å². The van der Waals surface area contributed by atoms with Gasteiger partial charge in [0.2, 0.25) is 5.91 Å². The average molecular weight is 346 g/mol. The average Bonchev–Trinajstić information content (AvgIpc) is 2.56.